The van der Waals surface area contributed by atoms with Crippen LogP contribution in [0.4, 0.5) is 5.13 Å². The second kappa shape index (κ2) is 8.77. The zero-order chi connectivity index (χ0) is 15.2. The molecule has 0 fully saturated rings. The van der Waals surface area contributed by atoms with E-state index in [4.69, 9.17) is 10.5 Å². The van der Waals surface area contributed by atoms with Gasteiger partial charge in [-0.25, -0.2) is 4.98 Å². The normalized spacial score (nSPS) is 11.6. The van der Waals surface area contributed by atoms with Crippen LogP contribution >= 0.6 is 23.7 Å². The maximum atomic E-state index is 11.5. The molecule has 1 unspecified atom stereocenters. The molecular formula is C14H21ClN4O2S. The van der Waals surface area contributed by atoms with Crippen molar-refractivity contribution >= 4 is 45.0 Å². The predicted molar refractivity (Wildman–Crippen MR) is 93.2 cm³/mol. The Morgan fingerprint density at radius 3 is 2.91 bits per heavy atom. The molecule has 4 N–H and O–H groups in total. The van der Waals surface area contributed by atoms with Crippen molar-refractivity contribution in [3.05, 3.63) is 18.2 Å². The van der Waals surface area contributed by atoms with Gasteiger partial charge in [0.25, 0.3) is 0 Å². The molecule has 1 heterocycles. The Morgan fingerprint density at radius 2 is 2.23 bits per heavy atom. The quantitative estimate of drug-likeness (QED) is 0.668. The van der Waals surface area contributed by atoms with E-state index in [9.17, 15) is 4.79 Å². The summed E-state index contributed by atoms with van der Waals surface area (Å²) in [5, 5.41) is 6.81. The highest BCUT2D eigenvalue weighted by atomic mass is 35.5. The zero-order valence-corrected chi connectivity index (χ0v) is 14.2. The van der Waals surface area contributed by atoms with E-state index < -0.39 is 6.04 Å². The average molecular weight is 345 g/mol. The number of nitrogens with zero attached hydrogens (tertiary/aromatic N) is 1. The number of thiazole rings is 1. The lowest BCUT2D eigenvalue weighted by Crippen LogP contribution is -2.41. The van der Waals surface area contributed by atoms with Crippen LogP contribution in [-0.4, -0.2) is 37.1 Å². The monoisotopic (exact) mass is 344 g/mol. The van der Waals surface area contributed by atoms with Gasteiger partial charge in [0, 0.05) is 13.1 Å². The lowest BCUT2D eigenvalue weighted by Gasteiger charge is -2.09. The van der Waals surface area contributed by atoms with E-state index in [0.717, 1.165) is 21.1 Å². The van der Waals surface area contributed by atoms with E-state index in [1.165, 1.54) is 0 Å². The first-order valence-corrected chi connectivity index (χ1v) is 7.67. The third kappa shape index (κ3) is 4.72. The molecule has 6 nitrogen and oxygen atoms in total. The van der Waals surface area contributed by atoms with Gasteiger partial charge in [0.15, 0.2) is 5.13 Å². The van der Waals surface area contributed by atoms with Gasteiger partial charge in [-0.2, -0.15) is 0 Å². The number of hydrogen-bond donors (Lipinski definition) is 3. The summed E-state index contributed by atoms with van der Waals surface area (Å²) in [5.41, 5.74) is 6.56. The van der Waals surface area contributed by atoms with Gasteiger partial charge in [-0.15, -0.1) is 12.4 Å². The van der Waals surface area contributed by atoms with Crippen molar-refractivity contribution in [3.63, 3.8) is 0 Å². The first kappa shape index (κ1) is 18.5. The van der Waals surface area contributed by atoms with Crippen molar-refractivity contribution in [1.82, 2.24) is 10.3 Å². The minimum Gasteiger partial charge on any atom is -0.497 e. The van der Waals surface area contributed by atoms with Gasteiger partial charge in [0.1, 0.15) is 5.75 Å². The van der Waals surface area contributed by atoms with Gasteiger partial charge >= 0.3 is 0 Å². The molecule has 1 atom stereocenters. The Kier molecular flexibility index (Phi) is 7.37. The molecule has 0 spiro atoms. The number of benzene rings is 1. The topological polar surface area (TPSA) is 89.3 Å². The number of rotatable bonds is 7. The number of hydrogen-bond acceptors (Lipinski definition) is 6. The van der Waals surface area contributed by atoms with Gasteiger partial charge in [-0.05, 0) is 24.6 Å². The number of carbonyl (C=O) groups excluding carboxylic acids is 1. The Balaban J connectivity index is 0.00000242. The van der Waals surface area contributed by atoms with Crippen LogP contribution in [0.15, 0.2) is 18.2 Å². The number of halogens is 1. The average Bonchev–Trinajstić information content (AvgIpc) is 2.91. The van der Waals surface area contributed by atoms with Crippen molar-refractivity contribution in [2.24, 2.45) is 5.73 Å². The highest BCUT2D eigenvalue weighted by Gasteiger charge is 2.09. The van der Waals surface area contributed by atoms with Crippen LogP contribution in [0.1, 0.15) is 13.3 Å². The van der Waals surface area contributed by atoms with E-state index in [2.05, 4.69) is 15.6 Å². The molecule has 0 bridgehead atoms. The largest absolute Gasteiger partial charge is 0.497 e. The number of aromatic nitrogens is 1. The smallest absolute Gasteiger partial charge is 0.236 e. The third-order valence-electron chi connectivity index (χ3n) is 3.07. The summed E-state index contributed by atoms with van der Waals surface area (Å²) in [7, 11) is 1.64. The van der Waals surface area contributed by atoms with Crippen LogP contribution < -0.4 is 21.1 Å². The summed E-state index contributed by atoms with van der Waals surface area (Å²) in [4.78, 5) is 16.0. The number of amides is 1. The summed E-state index contributed by atoms with van der Waals surface area (Å²) in [6, 6.07) is 5.34. The molecule has 1 amide bonds. The molecule has 2 aromatic rings. The van der Waals surface area contributed by atoms with Crippen LogP contribution in [0.3, 0.4) is 0 Å². The van der Waals surface area contributed by atoms with E-state index in [1.54, 1.807) is 18.4 Å². The number of methoxy groups -OCH3 is 1. The minimum atomic E-state index is -0.431. The van der Waals surface area contributed by atoms with Gasteiger partial charge in [0.2, 0.25) is 5.91 Å². The van der Waals surface area contributed by atoms with E-state index in [0.29, 0.717) is 19.5 Å². The second-order valence-corrected chi connectivity index (χ2v) is 5.62. The molecular weight excluding hydrogens is 324 g/mol. The molecule has 22 heavy (non-hydrogen) atoms. The van der Waals surface area contributed by atoms with E-state index in [1.807, 2.05) is 25.1 Å². The van der Waals surface area contributed by atoms with Crippen molar-refractivity contribution in [2.45, 2.75) is 19.4 Å². The summed E-state index contributed by atoms with van der Waals surface area (Å²) < 4.78 is 6.25. The number of carbonyl (C=O) groups is 1. The number of nitrogens with one attached hydrogen (secondary N) is 2. The van der Waals surface area contributed by atoms with Crippen molar-refractivity contribution in [3.8, 4) is 5.75 Å². The Bertz CT molecular complexity index is 620. The fourth-order valence-electron chi connectivity index (χ4n) is 1.78. The molecule has 0 saturated carbocycles. The standard InChI is InChI=1S/C14H20N4O2S.ClH/c1-3-10(15)13(19)16-6-7-17-14-18-11-5-4-9(20-2)8-12(11)21-14;/h4-5,8,10H,3,6-7,15H2,1-2H3,(H,16,19)(H,17,18);1H. The summed E-state index contributed by atoms with van der Waals surface area (Å²) in [6.45, 7) is 3.02. The zero-order valence-electron chi connectivity index (χ0n) is 12.6. The fraction of sp³-hybridized carbons (Fsp3) is 0.429. The molecule has 2 rings (SSSR count). The fourth-order valence-corrected chi connectivity index (χ4v) is 2.70. The lowest BCUT2D eigenvalue weighted by molar-refractivity contribution is -0.122. The van der Waals surface area contributed by atoms with Crippen molar-refractivity contribution in [1.29, 1.82) is 0 Å². The molecule has 0 aliphatic heterocycles. The summed E-state index contributed by atoms with van der Waals surface area (Å²) in [6.07, 6.45) is 0.638. The molecule has 0 aliphatic carbocycles. The number of anilines is 1. The second-order valence-electron chi connectivity index (χ2n) is 4.59. The summed E-state index contributed by atoms with van der Waals surface area (Å²) >= 11 is 1.56. The third-order valence-corrected chi connectivity index (χ3v) is 4.05. The molecule has 1 aromatic carbocycles. The SMILES string of the molecule is CCC(N)C(=O)NCCNc1nc2ccc(OC)cc2s1.Cl. The van der Waals surface area contributed by atoms with Crippen LogP contribution in [0, 0.1) is 0 Å². The van der Waals surface area contributed by atoms with E-state index >= 15 is 0 Å². The number of nitrogens with two attached hydrogens (primary N) is 1. The Hall–Kier alpha value is -1.57. The number of fused-ring (bicyclic) bond motifs is 1. The van der Waals surface area contributed by atoms with Crippen LogP contribution in [0.25, 0.3) is 10.2 Å². The maximum absolute atomic E-state index is 11.5. The van der Waals surface area contributed by atoms with E-state index in [-0.39, 0.29) is 18.3 Å². The predicted octanol–water partition coefficient (Wildman–Crippen LogP) is 1.99. The van der Waals surface area contributed by atoms with Crippen molar-refractivity contribution in [2.75, 3.05) is 25.5 Å². The molecule has 8 heteroatoms. The van der Waals surface area contributed by atoms with Crippen LogP contribution in [0.2, 0.25) is 0 Å². The number of ether oxygens (including phenoxy) is 1. The molecule has 0 radical (unpaired) electrons. The van der Waals surface area contributed by atoms with Gasteiger partial charge in [0.05, 0.1) is 23.4 Å². The maximum Gasteiger partial charge on any atom is 0.236 e. The molecule has 122 valence electrons. The van der Waals surface area contributed by atoms with Gasteiger partial charge < -0.3 is 21.1 Å². The lowest BCUT2D eigenvalue weighted by atomic mass is 10.2. The highest BCUT2D eigenvalue weighted by Crippen LogP contribution is 2.28. The highest BCUT2D eigenvalue weighted by molar-refractivity contribution is 7.22. The van der Waals surface area contributed by atoms with Gasteiger partial charge in [-0.1, -0.05) is 18.3 Å². The minimum absolute atomic E-state index is 0. The Labute approximate surface area is 139 Å². The molecule has 1 aromatic heterocycles. The van der Waals surface area contributed by atoms with Crippen LogP contribution in [-0.2, 0) is 4.79 Å². The van der Waals surface area contributed by atoms with Crippen LogP contribution in [0.5, 0.6) is 5.75 Å². The van der Waals surface area contributed by atoms with Crippen molar-refractivity contribution < 1.29 is 9.53 Å². The molecule has 0 saturated heterocycles. The summed E-state index contributed by atoms with van der Waals surface area (Å²) in [5.74, 6) is 0.701. The van der Waals surface area contributed by atoms with Gasteiger partial charge in [-0.3, -0.25) is 4.79 Å². The molecule has 0 aliphatic rings. The first-order chi connectivity index (χ1) is 10.1. The first-order valence-electron chi connectivity index (χ1n) is 6.85. The Morgan fingerprint density at radius 1 is 1.45 bits per heavy atom.